The summed E-state index contributed by atoms with van der Waals surface area (Å²) in [5.41, 5.74) is 5.73. The van der Waals surface area contributed by atoms with Crippen molar-refractivity contribution in [3.8, 4) is 11.7 Å². The van der Waals surface area contributed by atoms with Gasteiger partial charge in [0.05, 0.1) is 6.61 Å². The Bertz CT molecular complexity index is 618. The van der Waals surface area contributed by atoms with E-state index in [2.05, 4.69) is 20.1 Å². The van der Waals surface area contributed by atoms with Gasteiger partial charge in [-0.1, -0.05) is 6.92 Å². The average Bonchev–Trinajstić information content (AvgIpc) is 2.98. The Morgan fingerprint density at radius 2 is 2.05 bits per heavy atom. The lowest BCUT2D eigenvalue weighted by Crippen LogP contribution is -2.34. The number of hydrogen-bond donors (Lipinski definition) is 1. The van der Waals surface area contributed by atoms with Crippen LogP contribution in [0.5, 0.6) is 5.88 Å². The maximum absolute atomic E-state index is 13.1. The Hall–Kier alpha value is -2.46. The first kappa shape index (κ1) is 15.9. The molecule has 0 bridgehead atoms. The van der Waals surface area contributed by atoms with Crippen LogP contribution in [-0.2, 0) is 0 Å². The van der Waals surface area contributed by atoms with Crippen molar-refractivity contribution < 1.29 is 22.3 Å². The molecule has 0 saturated heterocycles. The first-order valence-corrected chi connectivity index (χ1v) is 6.09. The number of nitrogens with zero attached hydrogens (tertiary/aromatic N) is 5. The fraction of sp³-hybridized carbons (Fsp3) is 0.455. The van der Waals surface area contributed by atoms with Gasteiger partial charge < -0.3 is 10.5 Å². The quantitative estimate of drug-likeness (QED) is 0.841. The lowest BCUT2D eigenvalue weighted by molar-refractivity contribution is -0.195. The van der Waals surface area contributed by atoms with Crippen LogP contribution in [0.4, 0.5) is 23.2 Å². The van der Waals surface area contributed by atoms with Crippen molar-refractivity contribution in [3.05, 3.63) is 19.0 Å². The number of nitrogens with two attached hydrogens (primary N) is 1. The molecule has 2 aromatic heterocycles. The molecule has 2 N–H and O–H groups in total. The van der Waals surface area contributed by atoms with Crippen molar-refractivity contribution in [2.24, 2.45) is 5.92 Å². The highest BCUT2D eigenvalue weighted by atomic mass is 19.4. The highest BCUT2D eigenvalue weighted by molar-refractivity contribution is 5.59. The fourth-order valence-electron chi connectivity index (χ4n) is 1.60. The van der Waals surface area contributed by atoms with Crippen LogP contribution < -0.4 is 10.5 Å². The lowest BCUT2D eigenvalue weighted by Gasteiger charge is -2.19. The van der Waals surface area contributed by atoms with Gasteiger partial charge in [0, 0.05) is 5.92 Å². The molecule has 0 aliphatic rings. The maximum atomic E-state index is 13.1. The monoisotopic (exact) mass is 320 g/mol. The second kappa shape index (κ2) is 6.12. The second-order valence-electron chi connectivity index (χ2n) is 4.49. The summed E-state index contributed by atoms with van der Waals surface area (Å²) in [6, 6.07) is 0. The molecular weight excluding hydrogens is 308 g/mol. The molecule has 2 unspecified atom stereocenters. The van der Waals surface area contributed by atoms with Crippen LogP contribution in [0.1, 0.15) is 6.92 Å². The Morgan fingerprint density at radius 1 is 1.32 bits per heavy atom. The molecule has 0 radical (unpaired) electrons. The molecule has 11 heteroatoms. The molecule has 0 aliphatic heterocycles. The third kappa shape index (κ3) is 3.40. The molecule has 2 rings (SSSR count). The molecule has 7 nitrogen and oxygen atoms in total. The zero-order valence-electron chi connectivity index (χ0n) is 11.3. The largest absolute Gasteiger partial charge is 0.476 e. The minimum atomic E-state index is -4.94. The number of anilines is 1. The van der Waals surface area contributed by atoms with Crippen molar-refractivity contribution in [3.63, 3.8) is 0 Å². The molecular formula is C11H12F4N6O. The summed E-state index contributed by atoms with van der Waals surface area (Å²) >= 11 is 0. The van der Waals surface area contributed by atoms with Gasteiger partial charge in [0.15, 0.2) is 5.82 Å². The van der Waals surface area contributed by atoms with E-state index in [1.165, 1.54) is 17.3 Å². The molecule has 0 fully saturated rings. The number of nitrogen functional groups attached to an aromatic ring is 1. The summed E-state index contributed by atoms with van der Waals surface area (Å²) in [6.45, 7) is 0.534. The lowest BCUT2D eigenvalue weighted by atomic mass is 10.1. The number of aromatic nitrogens is 5. The van der Waals surface area contributed by atoms with Crippen molar-refractivity contribution in [1.82, 2.24) is 24.7 Å². The summed E-state index contributed by atoms with van der Waals surface area (Å²) in [4.78, 5) is 11.3. The zero-order valence-corrected chi connectivity index (χ0v) is 11.3. The standard InChI is InChI=1S/C11H12F4N6O/c1-6(8(12)11(13,14)15)2-22-10-7(16)9(18-4-19-10)21-5-17-3-20-21/h3-6,8H,2,16H2,1H3. The Labute approximate surface area is 122 Å². The number of hydrogen-bond acceptors (Lipinski definition) is 6. The van der Waals surface area contributed by atoms with Crippen molar-refractivity contribution in [1.29, 1.82) is 0 Å². The van der Waals surface area contributed by atoms with E-state index in [0.29, 0.717) is 0 Å². The van der Waals surface area contributed by atoms with E-state index < -0.39 is 24.9 Å². The topological polar surface area (TPSA) is 91.7 Å². The van der Waals surface area contributed by atoms with Gasteiger partial charge in [0.25, 0.3) is 0 Å². The van der Waals surface area contributed by atoms with Crippen LogP contribution in [0, 0.1) is 5.92 Å². The van der Waals surface area contributed by atoms with Crippen LogP contribution in [-0.4, -0.2) is 43.7 Å². The molecule has 2 aromatic rings. The summed E-state index contributed by atoms with van der Waals surface area (Å²) in [5.74, 6) is -1.41. The molecule has 0 aromatic carbocycles. The predicted molar refractivity (Wildman–Crippen MR) is 67.0 cm³/mol. The molecule has 0 aliphatic carbocycles. The third-order valence-electron chi connectivity index (χ3n) is 2.76. The molecule has 2 atom stereocenters. The first-order chi connectivity index (χ1) is 10.3. The van der Waals surface area contributed by atoms with E-state index in [0.717, 1.165) is 13.3 Å². The summed E-state index contributed by atoms with van der Waals surface area (Å²) in [7, 11) is 0. The van der Waals surface area contributed by atoms with Gasteiger partial charge in [0.2, 0.25) is 12.1 Å². The van der Waals surface area contributed by atoms with E-state index in [4.69, 9.17) is 10.5 Å². The highest BCUT2D eigenvalue weighted by Gasteiger charge is 2.43. The Kier molecular flexibility index (Phi) is 4.43. The van der Waals surface area contributed by atoms with Crippen LogP contribution in [0.25, 0.3) is 5.82 Å². The van der Waals surface area contributed by atoms with E-state index in [-0.39, 0.29) is 17.4 Å². The molecule has 0 spiro atoms. The molecule has 120 valence electrons. The highest BCUT2D eigenvalue weighted by Crippen LogP contribution is 2.29. The molecule has 22 heavy (non-hydrogen) atoms. The van der Waals surface area contributed by atoms with Crippen LogP contribution in [0.15, 0.2) is 19.0 Å². The predicted octanol–water partition coefficient (Wildman–Crippen LogP) is 1.55. The van der Waals surface area contributed by atoms with Gasteiger partial charge in [-0.3, -0.25) is 0 Å². The van der Waals surface area contributed by atoms with E-state index in [1.54, 1.807) is 0 Å². The van der Waals surface area contributed by atoms with Crippen LogP contribution in [0.3, 0.4) is 0 Å². The van der Waals surface area contributed by atoms with Gasteiger partial charge >= 0.3 is 6.18 Å². The summed E-state index contributed by atoms with van der Waals surface area (Å²) in [5, 5.41) is 3.82. The first-order valence-electron chi connectivity index (χ1n) is 6.09. The smallest absolute Gasteiger partial charge is 0.420 e. The number of rotatable bonds is 5. The second-order valence-corrected chi connectivity index (χ2v) is 4.49. The van der Waals surface area contributed by atoms with E-state index >= 15 is 0 Å². The molecule has 2 heterocycles. The summed E-state index contributed by atoms with van der Waals surface area (Å²) in [6.07, 6.45) is -4.26. The minimum Gasteiger partial charge on any atom is -0.476 e. The molecule has 0 amide bonds. The third-order valence-corrected chi connectivity index (χ3v) is 2.76. The van der Waals surface area contributed by atoms with Gasteiger partial charge in [-0.15, -0.1) is 0 Å². The van der Waals surface area contributed by atoms with Crippen LogP contribution in [0.2, 0.25) is 0 Å². The maximum Gasteiger partial charge on any atom is 0.420 e. The average molecular weight is 320 g/mol. The molecule has 0 saturated carbocycles. The SMILES string of the molecule is CC(COc1ncnc(-n2cncn2)c1N)C(F)C(F)(F)F. The van der Waals surface area contributed by atoms with Crippen LogP contribution >= 0.6 is 0 Å². The number of alkyl halides is 4. The number of ether oxygens (including phenoxy) is 1. The normalized spacial score (nSPS) is 14.6. The van der Waals surface area contributed by atoms with E-state index in [1.807, 2.05) is 0 Å². The fourth-order valence-corrected chi connectivity index (χ4v) is 1.60. The van der Waals surface area contributed by atoms with Gasteiger partial charge in [0.1, 0.15) is 24.7 Å². The van der Waals surface area contributed by atoms with E-state index in [9.17, 15) is 17.6 Å². The van der Waals surface area contributed by atoms with Gasteiger partial charge in [-0.2, -0.15) is 23.3 Å². The minimum absolute atomic E-state index is 0.0392. The van der Waals surface area contributed by atoms with Crippen molar-refractivity contribution >= 4 is 5.69 Å². The van der Waals surface area contributed by atoms with Gasteiger partial charge in [-0.05, 0) is 0 Å². The van der Waals surface area contributed by atoms with Crippen molar-refractivity contribution in [2.45, 2.75) is 19.3 Å². The Morgan fingerprint density at radius 3 is 2.64 bits per heavy atom. The van der Waals surface area contributed by atoms with Gasteiger partial charge in [-0.25, -0.2) is 19.0 Å². The zero-order chi connectivity index (χ0) is 16.3. The van der Waals surface area contributed by atoms with Crippen molar-refractivity contribution in [2.75, 3.05) is 12.3 Å². The number of halogens is 4. The summed E-state index contributed by atoms with van der Waals surface area (Å²) < 4.78 is 56.2. The Balaban J connectivity index is 2.10.